The van der Waals surface area contributed by atoms with Gasteiger partial charge >= 0.3 is 0 Å². The second-order valence-corrected chi connectivity index (χ2v) is 11.1. The molecule has 2 aromatic heterocycles. The molecular weight excluding hydrogens is 483 g/mol. The lowest BCUT2D eigenvalue weighted by Crippen LogP contribution is -2.23. The monoisotopic (exact) mass is 508 g/mol. The topological polar surface area (TPSA) is 103 Å². The number of halogens is 1. The second kappa shape index (κ2) is 9.34. The highest BCUT2D eigenvalue weighted by molar-refractivity contribution is 7.91. The van der Waals surface area contributed by atoms with Crippen LogP contribution in [0, 0.1) is 12.7 Å². The molecule has 8 nitrogen and oxygen atoms in total. The number of hydrogen-bond acceptors (Lipinski definition) is 6. The number of rotatable bonds is 6. The zero-order chi connectivity index (χ0) is 25.4. The Bertz CT molecular complexity index is 1550. The summed E-state index contributed by atoms with van der Waals surface area (Å²) in [5.74, 6) is 0.0923. The van der Waals surface area contributed by atoms with Crippen LogP contribution in [0.2, 0.25) is 0 Å². The number of ether oxygens (including phenoxy) is 1. The molecule has 1 saturated heterocycles. The van der Waals surface area contributed by atoms with Crippen LogP contribution in [-0.2, 0) is 16.4 Å². The van der Waals surface area contributed by atoms with Gasteiger partial charge in [0, 0.05) is 12.1 Å². The quantitative estimate of drug-likeness (QED) is 0.425. The molecule has 186 valence electrons. The van der Waals surface area contributed by atoms with Gasteiger partial charge in [0.15, 0.2) is 15.5 Å². The fraction of sp³-hybridized carbons (Fsp3) is 0.269. The van der Waals surface area contributed by atoms with Crippen LogP contribution in [0.5, 0.6) is 5.75 Å². The van der Waals surface area contributed by atoms with E-state index in [0.717, 1.165) is 11.3 Å². The van der Waals surface area contributed by atoms with E-state index < -0.39 is 9.84 Å². The molecule has 0 spiro atoms. The van der Waals surface area contributed by atoms with Gasteiger partial charge < -0.3 is 10.1 Å². The van der Waals surface area contributed by atoms with Crippen LogP contribution in [0.1, 0.15) is 34.1 Å². The number of carbonyl (C=O) groups is 1. The second-order valence-electron chi connectivity index (χ2n) is 8.88. The number of sulfone groups is 1. The molecule has 0 radical (unpaired) electrons. The Morgan fingerprint density at radius 1 is 1.17 bits per heavy atom. The van der Waals surface area contributed by atoms with Crippen LogP contribution in [0.15, 0.2) is 54.6 Å². The maximum Gasteiger partial charge on any atom is 0.252 e. The van der Waals surface area contributed by atoms with Crippen molar-refractivity contribution in [1.82, 2.24) is 20.1 Å². The Morgan fingerprint density at radius 3 is 2.53 bits per heavy atom. The van der Waals surface area contributed by atoms with Crippen molar-refractivity contribution in [3.05, 3.63) is 77.2 Å². The third-order valence-electron chi connectivity index (χ3n) is 6.39. The van der Waals surface area contributed by atoms with Crippen LogP contribution in [0.4, 0.5) is 4.39 Å². The minimum atomic E-state index is -3.16. The van der Waals surface area contributed by atoms with E-state index in [-0.39, 0.29) is 29.3 Å². The van der Waals surface area contributed by atoms with Gasteiger partial charge in [0.1, 0.15) is 11.6 Å². The molecule has 5 rings (SSSR count). The van der Waals surface area contributed by atoms with Crippen molar-refractivity contribution >= 4 is 26.8 Å². The largest absolute Gasteiger partial charge is 0.497 e. The molecule has 3 heterocycles. The van der Waals surface area contributed by atoms with E-state index in [9.17, 15) is 17.6 Å². The molecule has 1 N–H and O–H groups in total. The summed E-state index contributed by atoms with van der Waals surface area (Å²) in [4.78, 5) is 18.2. The van der Waals surface area contributed by atoms with E-state index in [2.05, 4.69) is 10.4 Å². The first-order valence-electron chi connectivity index (χ1n) is 11.5. The van der Waals surface area contributed by atoms with Crippen molar-refractivity contribution in [2.75, 3.05) is 18.6 Å². The lowest BCUT2D eigenvalue weighted by Gasteiger charge is -2.12. The van der Waals surface area contributed by atoms with Crippen molar-refractivity contribution in [1.29, 1.82) is 0 Å². The Morgan fingerprint density at radius 2 is 1.89 bits per heavy atom. The number of benzene rings is 2. The summed E-state index contributed by atoms with van der Waals surface area (Å²) >= 11 is 0. The zero-order valence-electron chi connectivity index (χ0n) is 19.9. The minimum Gasteiger partial charge on any atom is -0.497 e. The van der Waals surface area contributed by atoms with Crippen molar-refractivity contribution in [3.8, 4) is 17.0 Å². The highest BCUT2D eigenvalue weighted by atomic mass is 32.2. The highest BCUT2D eigenvalue weighted by Crippen LogP contribution is 2.32. The SMILES string of the molecule is COc1ccc(CNC(=O)c2cc(-c3ccc(F)cc3)nc3c2c(C)nn3C2CCS(=O)(=O)C2)cc1. The predicted octanol–water partition coefficient (Wildman–Crippen LogP) is 3.84. The van der Waals surface area contributed by atoms with Gasteiger partial charge in [0.25, 0.3) is 5.91 Å². The standard InChI is InChI=1S/C26H25FN4O4S/c1-16-24-22(26(32)28-14-17-3-9-21(35-2)10-4-17)13-23(18-5-7-19(27)8-6-18)29-25(24)31(30-16)20-11-12-36(33,34)15-20/h3-10,13,20H,11-12,14-15H2,1-2H3,(H,28,32). The van der Waals surface area contributed by atoms with Gasteiger partial charge in [-0.3, -0.25) is 4.79 Å². The Balaban J connectivity index is 1.57. The molecule has 10 heteroatoms. The van der Waals surface area contributed by atoms with Gasteiger partial charge in [-0.25, -0.2) is 22.5 Å². The number of hydrogen-bond donors (Lipinski definition) is 1. The zero-order valence-corrected chi connectivity index (χ0v) is 20.7. The smallest absolute Gasteiger partial charge is 0.252 e. The number of pyridine rings is 1. The van der Waals surface area contributed by atoms with Gasteiger partial charge in [-0.2, -0.15) is 5.10 Å². The van der Waals surface area contributed by atoms with Crippen molar-refractivity contribution in [2.24, 2.45) is 0 Å². The number of aryl methyl sites for hydroxylation is 1. The molecule has 1 unspecified atom stereocenters. The fourth-order valence-electron chi connectivity index (χ4n) is 4.50. The van der Waals surface area contributed by atoms with E-state index >= 15 is 0 Å². The van der Waals surface area contributed by atoms with Gasteiger partial charge in [-0.05, 0) is 61.4 Å². The molecule has 0 saturated carbocycles. The molecule has 1 aliphatic heterocycles. The average Bonchev–Trinajstić information content (AvgIpc) is 3.41. The summed E-state index contributed by atoms with van der Waals surface area (Å²) in [6, 6.07) is 14.5. The first kappa shape index (κ1) is 23.9. The lowest BCUT2D eigenvalue weighted by atomic mass is 10.0. The van der Waals surface area contributed by atoms with E-state index in [1.807, 2.05) is 24.3 Å². The average molecular weight is 509 g/mol. The number of aromatic nitrogens is 3. The summed E-state index contributed by atoms with van der Waals surface area (Å²) in [5.41, 5.74) is 3.40. The lowest BCUT2D eigenvalue weighted by molar-refractivity contribution is 0.0952. The maximum atomic E-state index is 13.6. The van der Waals surface area contributed by atoms with Crippen LogP contribution < -0.4 is 10.1 Å². The number of fused-ring (bicyclic) bond motifs is 1. The van der Waals surface area contributed by atoms with Crippen LogP contribution in [0.25, 0.3) is 22.3 Å². The van der Waals surface area contributed by atoms with Gasteiger partial charge in [-0.15, -0.1) is 0 Å². The summed E-state index contributed by atoms with van der Waals surface area (Å²) in [6.45, 7) is 2.08. The van der Waals surface area contributed by atoms with Crippen LogP contribution in [-0.4, -0.2) is 47.7 Å². The molecule has 0 bridgehead atoms. The van der Waals surface area contributed by atoms with Crippen LogP contribution >= 0.6 is 0 Å². The van der Waals surface area contributed by atoms with E-state index in [1.54, 1.807) is 36.9 Å². The van der Waals surface area contributed by atoms with Gasteiger partial charge in [0.05, 0.1) is 47.0 Å². The van der Waals surface area contributed by atoms with Crippen molar-refractivity contribution < 1.29 is 22.3 Å². The van der Waals surface area contributed by atoms with Gasteiger partial charge in [0.2, 0.25) is 0 Å². The van der Waals surface area contributed by atoms with E-state index in [4.69, 9.17) is 9.72 Å². The molecule has 0 aliphatic carbocycles. The number of nitrogens with zero attached hydrogens (tertiary/aromatic N) is 3. The minimum absolute atomic E-state index is 0.0231. The fourth-order valence-corrected chi connectivity index (χ4v) is 6.20. The van der Waals surface area contributed by atoms with Crippen LogP contribution in [0.3, 0.4) is 0 Å². The third kappa shape index (κ3) is 4.68. The Kier molecular flexibility index (Phi) is 6.21. The number of methoxy groups -OCH3 is 1. The molecule has 1 amide bonds. The van der Waals surface area contributed by atoms with E-state index in [0.29, 0.717) is 46.5 Å². The van der Waals surface area contributed by atoms with Crippen molar-refractivity contribution in [2.45, 2.75) is 25.9 Å². The third-order valence-corrected chi connectivity index (χ3v) is 8.14. The predicted molar refractivity (Wildman–Crippen MR) is 134 cm³/mol. The number of amides is 1. The first-order valence-corrected chi connectivity index (χ1v) is 13.3. The Labute approximate surface area is 208 Å². The summed E-state index contributed by atoms with van der Waals surface area (Å²) in [7, 11) is -1.57. The molecule has 1 aliphatic rings. The van der Waals surface area contributed by atoms with E-state index in [1.165, 1.54) is 12.1 Å². The van der Waals surface area contributed by atoms with Gasteiger partial charge in [-0.1, -0.05) is 12.1 Å². The molecule has 36 heavy (non-hydrogen) atoms. The Hall–Kier alpha value is -3.79. The maximum absolute atomic E-state index is 13.6. The van der Waals surface area contributed by atoms with Crippen molar-refractivity contribution in [3.63, 3.8) is 0 Å². The molecular formula is C26H25FN4O4S. The first-order chi connectivity index (χ1) is 17.2. The molecule has 2 aromatic carbocycles. The number of carbonyl (C=O) groups excluding carboxylic acids is 1. The molecule has 1 atom stereocenters. The number of nitrogens with one attached hydrogen (secondary N) is 1. The summed E-state index contributed by atoms with van der Waals surface area (Å²) in [6.07, 6.45) is 0.431. The summed E-state index contributed by atoms with van der Waals surface area (Å²) < 4.78 is 44.6. The molecule has 1 fully saturated rings. The highest BCUT2D eigenvalue weighted by Gasteiger charge is 2.32. The molecule has 4 aromatic rings. The summed E-state index contributed by atoms with van der Waals surface area (Å²) in [5, 5.41) is 8.12. The normalized spacial score (nSPS) is 16.8.